The molecule has 0 amide bonds. The van der Waals surface area contributed by atoms with Gasteiger partial charge in [-0.2, -0.15) is 0 Å². The van der Waals surface area contributed by atoms with Gasteiger partial charge in [0.1, 0.15) is 0 Å². The van der Waals surface area contributed by atoms with Crippen LogP contribution in [0, 0.1) is 0 Å². The molecule has 0 unspecified atom stereocenters. The standard InChI is InChI=1S/C14H12N3O/c1-16-13(11-7-3-2-4-8-11)15-17-10-6-5-9-12(17)14(16)18/h2-10H,1H3/q+1. The van der Waals surface area contributed by atoms with Crippen LogP contribution in [0.4, 0.5) is 0 Å². The van der Waals surface area contributed by atoms with Crippen LogP contribution in [0.2, 0.25) is 0 Å². The highest BCUT2D eigenvalue weighted by atomic mass is 16.1. The van der Waals surface area contributed by atoms with E-state index in [0.29, 0.717) is 11.3 Å². The largest absolute Gasteiger partial charge is 0.327 e. The maximum absolute atomic E-state index is 12.2. The van der Waals surface area contributed by atoms with E-state index in [1.54, 1.807) is 28.4 Å². The molecule has 88 valence electrons. The molecule has 18 heavy (non-hydrogen) atoms. The van der Waals surface area contributed by atoms with E-state index in [2.05, 4.69) is 5.10 Å². The first-order valence-corrected chi connectivity index (χ1v) is 5.70. The van der Waals surface area contributed by atoms with E-state index >= 15 is 0 Å². The Balaban J connectivity index is 2.38. The summed E-state index contributed by atoms with van der Waals surface area (Å²) in [5.41, 5.74) is 1.44. The minimum absolute atomic E-state index is 0.0514. The second kappa shape index (κ2) is 4.07. The molecule has 0 aliphatic heterocycles. The highest BCUT2D eigenvalue weighted by molar-refractivity contribution is 5.55. The molecule has 3 aromatic rings. The van der Waals surface area contributed by atoms with E-state index in [-0.39, 0.29) is 5.56 Å². The maximum Gasteiger partial charge on any atom is 0.327 e. The van der Waals surface area contributed by atoms with Gasteiger partial charge in [-0.15, -0.1) is 0 Å². The molecule has 4 nitrogen and oxygen atoms in total. The van der Waals surface area contributed by atoms with Crippen LogP contribution >= 0.6 is 0 Å². The van der Waals surface area contributed by atoms with Crippen molar-refractivity contribution in [2.24, 2.45) is 7.05 Å². The SMILES string of the molecule is Cn1c(-c2ccccc2)n[n+]2ccccc2c1=O. The number of hydrogen-bond donors (Lipinski definition) is 0. The van der Waals surface area contributed by atoms with Gasteiger partial charge in [-0.1, -0.05) is 30.3 Å². The van der Waals surface area contributed by atoms with Crippen LogP contribution in [0.15, 0.2) is 59.5 Å². The summed E-state index contributed by atoms with van der Waals surface area (Å²) >= 11 is 0. The number of rotatable bonds is 1. The molecule has 0 atom stereocenters. The second-order valence-electron chi connectivity index (χ2n) is 4.08. The van der Waals surface area contributed by atoms with Crippen molar-refractivity contribution >= 4 is 5.52 Å². The first-order chi connectivity index (χ1) is 8.77. The Bertz CT molecular complexity index is 763. The topological polar surface area (TPSA) is 39.0 Å². The van der Waals surface area contributed by atoms with Crippen molar-refractivity contribution in [3.8, 4) is 11.4 Å². The van der Waals surface area contributed by atoms with Gasteiger partial charge in [-0.3, -0.25) is 9.36 Å². The van der Waals surface area contributed by atoms with E-state index in [1.807, 2.05) is 42.5 Å². The van der Waals surface area contributed by atoms with Crippen molar-refractivity contribution in [3.05, 3.63) is 65.1 Å². The maximum atomic E-state index is 12.2. The molecule has 0 radical (unpaired) electrons. The van der Waals surface area contributed by atoms with Crippen molar-refractivity contribution in [1.29, 1.82) is 0 Å². The summed E-state index contributed by atoms with van der Waals surface area (Å²) in [7, 11) is 1.74. The summed E-state index contributed by atoms with van der Waals surface area (Å²) in [6, 6.07) is 15.1. The molecule has 0 N–H and O–H groups in total. The fourth-order valence-electron chi connectivity index (χ4n) is 1.97. The van der Waals surface area contributed by atoms with Crippen molar-refractivity contribution in [2.75, 3.05) is 0 Å². The van der Waals surface area contributed by atoms with Gasteiger partial charge in [0.15, 0.2) is 0 Å². The fraction of sp³-hybridized carbons (Fsp3) is 0.0714. The Morgan fingerprint density at radius 2 is 1.78 bits per heavy atom. The Labute approximate surface area is 104 Å². The van der Waals surface area contributed by atoms with E-state index in [1.165, 1.54) is 0 Å². The molecule has 0 aliphatic rings. The molecule has 0 aliphatic carbocycles. The molecule has 0 saturated heterocycles. The molecule has 0 bridgehead atoms. The Kier molecular flexibility index (Phi) is 2.41. The van der Waals surface area contributed by atoms with Crippen LogP contribution in [0.1, 0.15) is 0 Å². The minimum atomic E-state index is -0.0514. The smallest absolute Gasteiger partial charge is 0.285 e. The fourth-order valence-corrected chi connectivity index (χ4v) is 1.97. The lowest BCUT2D eigenvalue weighted by atomic mass is 10.2. The average Bonchev–Trinajstić information content (AvgIpc) is 2.44. The Morgan fingerprint density at radius 3 is 2.56 bits per heavy atom. The van der Waals surface area contributed by atoms with Gasteiger partial charge in [0.25, 0.3) is 0 Å². The Hall–Kier alpha value is -2.49. The molecule has 0 spiro atoms. The van der Waals surface area contributed by atoms with Gasteiger partial charge in [0.05, 0.1) is 0 Å². The predicted molar refractivity (Wildman–Crippen MR) is 68.1 cm³/mol. The summed E-state index contributed by atoms with van der Waals surface area (Å²) in [6.45, 7) is 0. The van der Waals surface area contributed by atoms with Crippen LogP contribution < -0.4 is 10.1 Å². The first-order valence-electron chi connectivity index (χ1n) is 5.70. The second-order valence-corrected chi connectivity index (χ2v) is 4.08. The molecular weight excluding hydrogens is 226 g/mol. The van der Waals surface area contributed by atoms with Crippen LogP contribution in [-0.4, -0.2) is 9.67 Å². The third kappa shape index (κ3) is 1.59. The van der Waals surface area contributed by atoms with E-state index in [4.69, 9.17) is 0 Å². The van der Waals surface area contributed by atoms with Crippen LogP contribution in [0.3, 0.4) is 0 Å². The third-order valence-electron chi connectivity index (χ3n) is 2.92. The van der Waals surface area contributed by atoms with E-state index in [0.717, 1.165) is 5.56 Å². The quantitative estimate of drug-likeness (QED) is 0.597. The number of hydrogen-bond acceptors (Lipinski definition) is 2. The average molecular weight is 238 g/mol. The molecule has 4 heteroatoms. The summed E-state index contributed by atoms with van der Waals surface area (Å²) in [6.07, 6.45) is 1.78. The van der Waals surface area contributed by atoms with Crippen LogP contribution in [-0.2, 0) is 7.05 Å². The van der Waals surface area contributed by atoms with Gasteiger partial charge in [-0.25, -0.2) is 0 Å². The molecule has 1 aromatic carbocycles. The van der Waals surface area contributed by atoms with Gasteiger partial charge >= 0.3 is 11.1 Å². The molecule has 0 saturated carbocycles. The summed E-state index contributed by atoms with van der Waals surface area (Å²) in [5, 5.41) is 4.49. The lowest BCUT2D eigenvalue weighted by molar-refractivity contribution is -0.581. The van der Waals surface area contributed by atoms with Crippen molar-refractivity contribution in [3.63, 3.8) is 0 Å². The summed E-state index contributed by atoms with van der Waals surface area (Å²) < 4.78 is 3.19. The lowest BCUT2D eigenvalue weighted by Gasteiger charge is -2.03. The lowest BCUT2D eigenvalue weighted by Crippen LogP contribution is -2.37. The third-order valence-corrected chi connectivity index (χ3v) is 2.92. The number of pyridine rings is 1. The normalized spacial score (nSPS) is 10.7. The van der Waals surface area contributed by atoms with Crippen LogP contribution in [0.5, 0.6) is 0 Å². The predicted octanol–water partition coefficient (Wildman–Crippen LogP) is 1.19. The highest BCUT2D eigenvalue weighted by Gasteiger charge is 2.15. The zero-order chi connectivity index (χ0) is 12.5. The van der Waals surface area contributed by atoms with Crippen molar-refractivity contribution in [2.45, 2.75) is 0 Å². The molecule has 3 rings (SSSR count). The number of benzene rings is 1. The van der Waals surface area contributed by atoms with E-state index in [9.17, 15) is 4.79 Å². The van der Waals surface area contributed by atoms with Gasteiger partial charge in [0, 0.05) is 29.8 Å². The molecule has 2 heterocycles. The summed E-state index contributed by atoms with van der Waals surface area (Å²) in [5.74, 6) is 0.657. The van der Waals surface area contributed by atoms with Gasteiger partial charge in [-0.05, 0) is 10.6 Å². The number of nitrogens with zero attached hydrogens (tertiary/aromatic N) is 3. The minimum Gasteiger partial charge on any atom is -0.285 e. The van der Waals surface area contributed by atoms with Crippen molar-refractivity contribution in [1.82, 2.24) is 9.67 Å². The van der Waals surface area contributed by atoms with Crippen molar-refractivity contribution < 1.29 is 4.52 Å². The number of aromatic nitrogens is 3. The van der Waals surface area contributed by atoms with E-state index < -0.39 is 0 Å². The zero-order valence-corrected chi connectivity index (χ0v) is 9.95. The monoisotopic (exact) mass is 238 g/mol. The van der Waals surface area contributed by atoms with Gasteiger partial charge < -0.3 is 0 Å². The molecule has 2 aromatic heterocycles. The Morgan fingerprint density at radius 1 is 1.06 bits per heavy atom. The number of fused-ring (bicyclic) bond motifs is 1. The summed E-state index contributed by atoms with van der Waals surface area (Å²) in [4.78, 5) is 12.2. The van der Waals surface area contributed by atoms with Crippen LogP contribution in [0.25, 0.3) is 16.9 Å². The zero-order valence-electron chi connectivity index (χ0n) is 9.95. The van der Waals surface area contributed by atoms with Gasteiger partial charge in [0.2, 0.25) is 12.0 Å². The highest BCUT2D eigenvalue weighted by Crippen LogP contribution is 2.12. The molecular formula is C14H12N3O+. The molecule has 0 fully saturated rings. The first kappa shape index (κ1) is 10.7.